The van der Waals surface area contributed by atoms with Crippen LogP contribution in [0.2, 0.25) is 0 Å². The van der Waals surface area contributed by atoms with Gasteiger partial charge in [0.25, 0.3) is 5.92 Å². The smallest absolute Gasteiger partial charge is 0.283 e. The summed E-state index contributed by atoms with van der Waals surface area (Å²) in [5, 5.41) is 24.2. The van der Waals surface area contributed by atoms with Crippen LogP contribution in [0.4, 0.5) is 13.2 Å². The molecule has 0 fully saturated rings. The summed E-state index contributed by atoms with van der Waals surface area (Å²) in [6.45, 7) is -1.25. The fraction of sp³-hybridized carbons (Fsp3) is 0.480. The van der Waals surface area contributed by atoms with Crippen LogP contribution in [0.1, 0.15) is 29.3 Å². The van der Waals surface area contributed by atoms with E-state index in [4.69, 9.17) is 9.47 Å². The standard InChI is InChI=1S/C25H31F3N4O4/c1-35-20-12-21(36-10-9-29-8-4-7-26)30-13-18(20)24-23-17(16-5-2-3-6-19(16)31-23)11-22(34)32(24)14-25(27,28)15-33/h2-3,5-6,12-13,22,24,29,31,33-34H,4,7-11,14-15H2,1H3/t22-,24-/m1/s1. The van der Waals surface area contributed by atoms with Crippen molar-refractivity contribution in [3.8, 4) is 11.6 Å². The van der Waals surface area contributed by atoms with Gasteiger partial charge in [0.2, 0.25) is 5.88 Å². The number of pyridine rings is 1. The van der Waals surface area contributed by atoms with Gasteiger partial charge in [-0.2, -0.15) is 0 Å². The number of ether oxygens (including phenoxy) is 2. The van der Waals surface area contributed by atoms with E-state index in [9.17, 15) is 23.4 Å². The number of halogens is 3. The number of para-hydroxylation sites is 1. The first-order valence-corrected chi connectivity index (χ1v) is 11.8. The Bertz CT molecular complexity index is 1160. The highest BCUT2D eigenvalue weighted by Gasteiger charge is 2.43. The molecule has 0 spiro atoms. The van der Waals surface area contributed by atoms with Gasteiger partial charge in [0.15, 0.2) is 0 Å². The zero-order valence-corrected chi connectivity index (χ0v) is 20.0. The first kappa shape index (κ1) is 26.2. The van der Waals surface area contributed by atoms with E-state index in [1.165, 1.54) is 18.2 Å². The predicted molar refractivity (Wildman–Crippen MR) is 128 cm³/mol. The molecule has 1 aliphatic rings. The summed E-state index contributed by atoms with van der Waals surface area (Å²) in [4.78, 5) is 8.94. The maximum atomic E-state index is 14.4. The summed E-state index contributed by atoms with van der Waals surface area (Å²) < 4.78 is 52.2. The SMILES string of the molecule is COc1cc(OCCNCCCF)ncc1[C@@H]1c2[nH]c3ccccc3c2C[C@@H](O)N1CC(F)(F)CO. The molecule has 2 atom stereocenters. The average molecular weight is 509 g/mol. The van der Waals surface area contributed by atoms with Gasteiger partial charge in [-0.3, -0.25) is 9.29 Å². The fourth-order valence-corrected chi connectivity index (χ4v) is 4.60. The molecule has 0 radical (unpaired) electrons. The lowest BCUT2D eigenvalue weighted by atomic mass is 9.91. The quantitative estimate of drug-likeness (QED) is 0.279. The third-order valence-corrected chi connectivity index (χ3v) is 6.27. The number of rotatable bonds is 12. The van der Waals surface area contributed by atoms with Crippen LogP contribution < -0.4 is 14.8 Å². The molecule has 0 amide bonds. The number of aromatic amines is 1. The molecule has 0 aliphatic carbocycles. The highest BCUT2D eigenvalue weighted by Crippen LogP contribution is 2.44. The molecule has 11 heteroatoms. The Morgan fingerprint density at radius 3 is 2.83 bits per heavy atom. The Balaban J connectivity index is 1.69. The summed E-state index contributed by atoms with van der Waals surface area (Å²) in [5.74, 6) is -2.79. The van der Waals surface area contributed by atoms with E-state index in [0.29, 0.717) is 43.1 Å². The van der Waals surface area contributed by atoms with E-state index in [2.05, 4.69) is 15.3 Å². The molecule has 8 nitrogen and oxygen atoms in total. The Kier molecular flexibility index (Phi) is 8.35. The number of alkyl halides is 3. The molecule has 0 unspecified atom stereocenters. The molecule has 1 aromatic carbocycles. The van der Waals surface area contributed by atoms with Gasteiger partial charge in [0.1, 0.15) is 25.2 Å². The normalized spacial score (nSPS) is 18.4. The number of hydrogen-bond donors (Lipinski definition) is 4. The number of nitrogens with zero attached hydrogens (tertiary/aromatic N) is 2. The number of aliphatic hydroxyl groups is 2. The summed E-state index contributed by atoms with van der Waals surface area (Å²) in [7, 11) is 1.46. The van der Waals surface area contributed by atoms with E-state index in [0.717, 1.165) is 16.5 Å². The molecule has 2 aromatic heterocycles. The number of aromatic nitrogens is 2. The van der Waals surface area contributed by atoms with E-state index in [1.807, 2.05) is 24.3 Å². The van der Waals surface area contributed by atoms with Gasteiger partial charge in [-0.1, -0.05) is 18.2 Å². The molecule has 0 saturated heterocycles. The molecule has 36 heavy (non-hydrogen) atoms. The largest absolute Gasteiger partial charge is 0.496 e. The highest BCUT2D eigenvalue weighted by molar-refractivity contribution is 5.85. The molecule has 1 aliphatic heterocycles. The van der Waals surface area contributed by atoms with Crippen LogP contribution in [0.3, 0.4) is 0 Å². The average Bonchev–Trinajstić information content (AvgIpc) is 3.24. The third-order valence-electron chi connectivity index (χ3n) is 6.27. The van der Waals surface area contributed by atoms with Crippen molar-refractivity contribution in [1.82, 2.24) is 20.2 Å². The van der Waals surface area contributed by atoms with Crippen molar-refractivity contribution in [3.05, 3.63) is 53.3 Å². The molecule has 4 rings (SSSR count). The van der Waals surface area contributed by atoms with Crippen molar-refractivity contribution in [3.63, 3.8) is 0 Å². The lowest BCUT2D eigenvalue weighted by Gasteiger charge is -2.41. The summed E-state index contributed by atoms with van der Waals surface area (Å²) in [6, 6.07) is 8.28. The van der Waals surface area contributed by atoms with Crippen molar-refractivity contribution in [1.29, 1.82) is 0 Å². The van der Waals surface area contributed by atoms with Crippen molar-refractivity contribution < 1.29 is 32.9 Å². The van der Waals surface area contributed by atoms with Crippen molar-refractivity contribution in [2.75, 3.05) is 46.6 Å². The van der Waals surface area contributed by atoms with Crippen molar-refractivity contribution >= 4 is 10.9 Å². The van der Waals surface area contributed by atoms with Crippen molar-refractivity contribution in [2.45, 2.75) is 31.0 Å². The molecular formula is C25H31F3N4O4. The van der Waals surface area contributed by atoms with Crippen LogP contribution in [0.15, 0.2) is 36.5 Å². The maximum Gasteiger partial charge on any atom is 0.283 e. The number of aliphatic hydroxyl groups excluding tert-OH is 2. The third kappa shape index (κ3) is 5.59. The van der Waals surface area contributed by atoms with E-state index in [1.54, 1.807) is 6.07 Å². The Morgan fingerprint density at radius 2 is 2.08 bits per heavy atom. The topological polar surface area (TPSA) is 103 Å². The number of benzene rings is 1. The lowest BCUT2D eigenvalue weighted by molar-refractivity contribution is -0.120. The second-order valence-corrected chi connectivity index (χ2v) is 8.74. The molecular weight excluding hydrogens is 477 g/mol. The van der Waals surface area contributed by atoms with Crippen molar-refractivity contribution in [2.24, 2.45) is 0 Å². The van der Waals surface area contributed by atoms with Crippen LogP contribution >= 0.6 is 0 Å². The Morgan fingerprint density at radius 1 is 1.28 bits per heavy atom. The lowest BCUT2D eigenvalue weighted by Crippen LogP contribution is -2.50. The summed E-state index contributed by atoms with van der Waals surface area (Å²) in [5.41, 5.74) is 2.77. The highest BCUT2D eigenvalue weighted by atomic mass is 19.3. The number of hydrogen-bond acceptors (Lipinski definition) is 7. The molecule has 0 saturated carbocycles. The predicted octanol–water partition coefficient (Wildman–Crippen LogP) is 2.79. The Labute approximate surface area is 207 Å². The van der Waals surface area contributed by atoms with E-state index >= 15 is 0 Å². The van der Waals surface area contributed by atoms with Gasteiger partial charge in [-0.15, -0.1) is 0 Å². The minimum atomic E-state index is -3.43. The van der Waals surface area contributed by atoms with E-state index < -0.39 is 31.3 Å². The summed E-state index contributed by atoms with van der Waals surface area (Å²) in [6.07, 6.45) is 0.835. The van der Waals surface area contributed by atoms with Crippen LogP contribution in [0.25, 0.3) is 10.9 Å². The first-order chi connectivity index (χ1) is 17.4. The molecule has 3 aromatic rings. The number of fused-ring (bicyclic) bond motifs is 3. The second-order valence-electron chi connectivity index (χ2n) is 8.74. The molecule has 3 heterocycles. The maximum absolute atomic E-state index is 14.4. The monoisotopic (exact) mass is 508 g/mol. The fourth-order valence-electron chi connectivity index (χ4n) is 4.60. The Hall–Kier alpha value is -2.86. The molecule has 196 valence electrons. The zero-order valence-electron chi connectivity index (χ0n) is 20.0. The van der Waals surface area contributed by atoms with Gasteiger partial charge in [0.05, 0.1) is 26.4 Å². The summed E-state index contributed by atoms with van der Waals surface area (Å²) >= 11 is 0. The van der Waals surface area contributed by atoms with Gasteiger partial charge >= 0.3 is 0 Å². The van der Waals surface area contributed by atoms with Crippen LogP contribution in [0.5, 0.6) is 11.6 Å². The van der Waals surface area contributed by atoms with Gasteiger partial charge in [-0.05, 0) is 24.6 Å². The second kappa shape index (κ2) is 11.5. The van der Waals surface area contributed by atoms with Gasteiger partial charge in [0, 0.05) is 47.4 Å². The van der Waals surface area contributed by atoms with Crippen LogP contribution in [-0.4, -0.2) is 83.9 Å². The number of methoxy groups -OCH3 is 1. The first-order valence-electron chi connectivity index (χ1n) is 11.8. The van der Waals surface area contributed by atoms with E-state index in [-0.39, 0.29) is 19.0 Å². The molecule has 4 N–H and O–H groups in total. The zero-order chi connectivity index (χ0) is 25.7. The minimum absolute atomic E-state index is 0.143. The molecule has 0 bridgehead atoms. The number of H-pyrrole nitrogens is 1. The number of nitrogens with one attached hydrogen (secondary N) is 2. The minimum Gasteiger partial charge on any atom is -0.496 e. The van der Waals surface area contributed by atoms with Gasteiger partial charge < -0.3 is 30.0 Å². The van der Waals surface area contributed by atoms with Crippen LogP contribution in [-0.2, 0) is 6.42 Å². The van der Waals surface area contributed by atoms with Crippen LogP contribution in [0, 0.1) is 0 Å². The van der Waals surface area contributed by atoms with Gasteiger partial charge in [-0.25, -0.2) is 13.8 Å².